The number of ether oxygens (including phenoxy) is 1. The molecule has 1 aliphatic rings. The van der Waals surface area contributed by atoms with Crippen LogP contribution in [0.1, 0.15) is 24.8 Å². The first-order chi connectivity index (χ1) is 8.78. The van der Waals surface area contributed by atoms with E-state index < -0.39 is 0 Å². The van der Waals surface area contributed by atoms with Gasteiger partial charge in [-0.25, -0.2) is 0 Å². The topological polar surface area (TPSA) is 41.5 Å². The fraction of sp³-hybridized carbons (Fsp3) is 0.467. The summed E-state index contributed by atoms with van der Waals surface area (Å²) < 4.78 is 5.13. The van der Waals surface area contributed by atoms with Crippen LogP contribution in [-0.2, 0) is 6.54 Å². The Morgan fingerprint density at radius 2 is 1.94 bits per heavy atom. The van der Waals surface area contributed by atoms with Gasteiger partial charge in [0.15, 0.2) is 0 Å². The fourth-order valence-electron chi connectivity index (χ4n) is 2.21. The summed E-state index contributed by atoms with van der Waals surface area (Å²) in [5.41, 5.74) is 1.23. The molecule has 0 aliphatic heterocycles. The molecule has 18 heavy (non-hydrogen) atoms. The minimum atomic E-state index is -0.211. The van der Waals surface area contributed by atoms with Crippen LogP contribution in [0.2, 0.25) is 0 Å². The van der Waals surface area contributed by atoms with Crippen molar-refractivity contribution in [2.24, 2.45) is 0 Å². The number of hydrogen-bond donors (Lipinski definition) is 2. The Morgan fingerprint density at radius 3 is 2.67 bits per heavy atom. The van der Waals surface area contributed by atoms with Gasteiger partial charge in [-0.15, -0.1) is 0 Å². The highest BCUT2D eigenvalue weighted by atomic mass is 16.5. The number of hydrogen-bond acceptors (Lipinski definition) is 3. The highest BCUT2D eigenvalue weighted by Crippen LogP contribution is 2.14. The lowest BCUT2D eigenvalue weighted by Crippen LogP contribution is -2.31. The van der Waals surface area contributed by atoms with Gasteiger partial charge in [0.05, 0.1) is 13.2 Å². The molecule has 1 aromatic rings. The van der Waals surface area contributed by atoms with Gasteiger partial charge in [-0.3, -0.25) is 0 Å². The van der Waals surface area contributed by atoms with Gasteiger partial charge < -0.3 is 15.2 Å². The van der Waals surface area contributed by atoms with Crippen molar-refractivity contribution in [2.75, 3.05) is 7.11 Å². The third kappa shape index (κ3) is 3.86. The van der Waals surface area contributed by atoms with Crippen molar-refractivity contribution in [3.8, 4) is 5.75 Å². The Labute approximate surface area is 108 Å². The maximum Gasteiger partial charge on any atom is 0.118 e. The number of methoxy groups -OCH3 is 1. The van der Waals surface area contributed by atoms with E-state index in [0.29, 0.717) is 6.04 Å². The van der Waals surface area contributed by atoms with Gasteiger partial charge in [-0.05, 0) is 37.0 Å². The van der Waals surface area contributed by atoms with Gasteiger partial charge in [-0.2, -0.15) is 0 Å². The summed E-state index contributed by atoms with van der Waals surface area (Å²) in [6, 6.07) is 8.43. The molecule has 0 heterocycles. The van der Waals surface area contributed by atoms with Crippen molar-refractivity contribution in [2.45, 2.75) is 38.0 Å². The molecule has 2 atom stereocenters. The molecular weight excluding hydrogens is 226 g/mol. The second kappa shape index (κ2) is 6.57. The molecule has 0 bridgehead atoms. The molecule has 0 saturated heterocycles. The van der Waals surface area contributed by atoms with Crippen LogP contribution < -0.4 is 10.1 Å². The van der Waals surface area contributed by atoms with Gasteiger partial charge in [0.2, 0.25) is 0 Å². The van der Waals surface area contributed by atoms with Gasteiger partial charge in [0, 0.05) is 12.6 Å². The van der Waals surface area contributed by atoms with E-state index in [1.807, 2.05) is 12.1 Å². The van der Waals surface area contributed by atoms with E-state index in [1.54, 1.807) is 7.11 Å². The molecule has 2 N–H and O–H groups in total. The molecule has 3 nitrogen and oxygen atoms in total. The Balaban J connectivity index is 1.84. The first-order valence-corrected chi connectivity index (χ1v) is 6.47. The summed E-state index contributed by atoms with van der Waals surface area (Å²) in [5.74, 6) is 0.881. The maximum absolute atomic E-state index is 9.72. The Bertz CT molecular complexity index is 386. The van der Waals surface area contributed by atoms with Gasteiger partial charge in [0.1, 0.15) is 5.75 Å². The van der Waals surface area contributed by atoms with E-state index in [4.69, 9.17) is 4.74 Å². The van der Waals surface area contributed by atoms with Crippen molar-refractivity contribution < 1.29 is 9.84 Å². The molecule has 1 aliphatic carbocycles. The number of aliphatic hydroxyl groups is 1. The number of aliphatic hydroxyl groups excluding tert-OH is 1. The third-order valence-corrected chi connectivity index (χ3v) is 3.31. The van der Waals surface area contributed by atoms with Crippen LogP contribution in [-0.4, -0.2) is 24.4 Å². The Hall–Kier alpha value is -1.32. The summed E-state index contributed by atoms with van der Waals surface area (Å²) in [5, 5.41) is 13.2. The average molecular weight is 247 g/mol. The second-order valence-electron chi connectivity index (χ2n) is 4.76. The molecule has 0 radical (unpaired) electrons. The molecule has 0 spiro atoms. The monoisotopic (exact) mass is 247 g/mol. The molecule has 0 unspecified atom stereocenters. The summed E-state index contributed by atoms with van der Waals surface area (Å²) in [6.07, 6.45) is 6.61. The van der Waals surface area contributed by atoms with E-state index in [0.717, 1.165) is 31.6 Å². The zero-order chi connectivity index (χ0) is 12.8. The quantitative estimate of drug-likeness (QED) is 0.802. The van der Waals surface area contributed by atoms with Gasteiger partial charge in [-0.1, -0.05) is 24.3 Å². The summed E-state index contributed by atoms with van der Waals surface area (Å²) in [7, 11) is 1.67. The molecule has 0 aromatic heterocycles. The van der Waals surface area contributed by atoms with Crippen molar-refractivity contribution >= 4 is 0 Å². The predicted octanol–water partition coefficient (Wildman–Crippen LogP) is 2.25. The first-order valence-electron chi connectivity index (χ1n) is 6.47. The largest absolute Gasteiger partial charge is 0.497 e. The predicted molar refractivity (Wildman–Crippen MR) is 72.6 cm³/mol. The van der Waals surface area contributed by atoms with Gasteiger partial charge in [0.25, 0.3) is 0 Å². The normalized spacial score (nSPS) is 23.7. The van der Waals surface area contributed by atoms with E-state index in [9.17, 15) is 5.11 Å². The zero-order valence-electron chi connectivity index (χ0n) is 10.8. The zero-order valence-corrected chi connectivity index (χ0v) is 10.8. The van der Waals surface area contributed by atoms with Crippen LogP contribution in [0.25, 0.3) is 0 Å². The summed E-state index contributed by atoms with van der Waals surface area (Å²) in [4.78, 5) is 0. The maximum atomic E-state index is 9.72. The number of nitrogens with one attached hydrogen (secondary N) is 1. The van der Waals surface area contributed by atoms with Crippen LogP contribution in [0, 0.1) is 0 Å². The standard InChI is InChI=1S/C15H21NO2/c1-18-15-8-6-12(7-9-15)11-16-13-4-2-3-5-14(17)10-13/h2-3,6-9,13-14,16-17H,4-5,10-11H2,1H3/t13-,14-/m0/s1. The molecule has 0 amide bonds. The van der Waals surface area contributed by atoms with Crippen LogP contribution in [0.3, 0.4) is 0 Å². The van der Waals surface area contributed by atoms with Crippen molar-refractivity contribution in [1.82, 2.24) is 5.32 Å². The molecule has 3 heteroatoms. The number of benzene rings is 1. The van der Waals surface area contributed by atoms with E-state index in [1.165, 1.54) is 5.56 Å². The minimum absolute atomic E-state index is 0.211. The van der Waals surface area contributed by atoms with Crippen LogP contribution in [0.4, 0.5) is 0 Å². The highest BCUT2D eigenvalue weighted by molar-refractivity contribution is 5.27. The van der Waals surface area contributed by atoms with Crippen LogP contribution in [0.15, 0.2) is 36.4 Å². The van der Waals surface area contributed by atoms with Crippen molar-refractivity contribution in [1.29, 1.82) is 0 Å². The Kier molecular flexibility index (Phi) is 4.79. The lowest BCUT2D eigenvalue weighted by atomic mass is 10.1. The van der Waals surface area contributed by atoms with Crippen molar-refractivity contribution in [3.05, 3.63) is 42.0 Å². The smallest absolute Gasteiger partial charge is 0.118 e. The molecular formula is C15H21NO2. The molecule has 1 aromatic carbocycles. The highest BCUT2D eigenvalue weighted by Gasteiger charge is 2.14. The fourth-order valence-corrected chi connectivity index (χ4v) is 2.21. The van der Waals surface area contributed by atoms with E-state index in [-0.39, 0.29) is 6.10 Å². The molecule has 0 saturated carbocycles. The SMILES string of the molecule is COc1ccc(CN[C@H]2CC=CC[C@H](O)C2)cc1. The third-order valence-electron chi connectivity index (χ3n) is 3.31. The van der Waals surface area contributed by atoms with Gasteiger partial charge >= 0.3 is 0 Å². The number of rotatable bonds is 4. The summed E-state index contributed by atoms with van der Waals surface area (Å²) in [6.45, 7) is 0.829. The second-order valence-corrected chi connectivity index (χ2v) is 4.76. The van der Waals surface area contributed by atoms with E-state index >= 15 is 0 Å². The lowest BCUT2D eigenvalue weighted by Gasteiger charge is -2.18. The lowest BCUT2D eigenvalue weighted by molar-refractivity contribution is 0.155. The van der Waals surface area contributed by atoms with Crippen LogP contribution >= 0.6 is 0 Å². The summed E-state index contributed by atoms with van der Waals surface area (Å²) >= 11 is 0. The van der Waals surface area contributed by atoms with E-state index in [2.05, 4.69) is 29.6 Å². The van der Waals surface area contributed by atoms with Crippen molar-refractivity contribution in [3.63, 3.8) is 0 Å². The first kappa shape index (κ1) is 13.1. The average Bonchev–Trinajstić information content (AvgIpc) is 2.61. The molecule has 0 fully saturated rings. The Morgan fingerprint density at radius 1 is 1.22 bits per heavy atom. The minimum Gasteiger partial charge on any atom is -0.497 e. The molecule has 2 rings (SSSR count). The van der Waals surface area contributed by atoms with Crippen LogP contribution in [0.5, 0.6) is 5.75 Å². The molecule has 98 valence electrons.